The lowest BCUT2D eigenvalue weighted by Crippen LogP contribution is -2.33. The first-order valence-corrected chi connectivity index (χ1v) is 9.56. The van der Waals surface area contributed by atoms with E-state index in [-0.39, 0.29) is 0 Å². The number of benzene rings is 2. The molecule has 0 aliphatic heterocycles. The van der Waals surface area contributed by atoms with Crippen LogP contribution >= 0.6 is 0 Å². The van der Waals surface area contributed by atoms with E-state index in [4.69, 9.17) is 15.2 Å². The molecule has 0 aromatic heterocycles. The Kier molecular flexibility index (Phi) is 8.62. The number of ether oxygens (including phenoxy) is 2. The Bertz CT molecular complexity index is 777. The first kappa shape index (κ1) is 21.6. The van der Waals surface area contributed by atoms with Gasteiger partial charge in [0.1, 0.15) is 0 Å². The summed E-state index contributed by atoms with van der Waals surface area (Å²) in [6.07, 6.45) is 0.815. The number of aliphatic imine (C=N–C) groups is 1. The van der Waals surface area contributed by atoms with Crippen LogP contribution in [0.3, 0.4) is 0 Å². The lowest BCUT2D eigenvalue weighted by molar-refractivity contribution is 0.345. The van der Waals surface area contributed by atoms with Gasteiger partial charge in [0.2, 0.25) is 0 Å². The van der Waals surface area contributed by atoms with Crippen molar-refractivity contribution in [2.75, 3.05) is 34.4 Å². The van der Waals surface area contributed by atoms with Crippen molar-refractivity contribution in [2.45, 2.75) is 26.4 Å². The van der Waals surface area contributed by atoms with Crippen LogP contribution in [0.2, 0.25) is 0 Å². The summed E-state index contributed by atoms with van der Waals surface area (Å²) < 4.78 is 10.6. The molecule has 0 aliphatic rings. The molecule has 0 aliphatic carbocycles. The molecule has 2 rings (SSSR count). The largest absolute Gasteiger partial charge is 0.493 e. The summed E-state index contributed by atoms with van der Waals surface area (Å²) >= 11 is 0. The number of nitrogens with two attached hydrogens (primary N) is 1. The van der Waals surface area contributed by atoms with Crippen molar-refractivity contribution in [1.82, 2.24) is 10.2 Å². The number of guanidine groups is 1. The summed E-state index contributed by atoms with van der Waals surface area (Å²) in [6.45, 7) is 5.39. The van der Waals surface area contributed by atoms with E-state index in [9.17, 15) is 0 Å². The second kappa shape index (κ2) is 11.2. The molecule has 2 aromatic carbocycles. The molecule has 0 atom stereocenters. The van der Waals surface area contributed by atoms with E-state index < -0.39 is 0 Å². The van der Waals surface area contributed by atoms with Gasteiger partial charge in [0, 0.05) is 13.1 Å². The predicted octanol–water partition coefficient (Wildman–Crippen LogP) is 2.80. The first-order valence-electron chi connectivity index (χ1n) is 9.56. The summed E-state index contributed by atoms with van der Waals surface area (Å²) in [7, 11) is 5.39. The number of hydrogen-bond donors (Lipinski definition) is 2. The third-order valence-electron chi connectivity index (χ3n) is 4.58. The Morgan fingerprint density at radius 3 is 2.50 bits per heavy atom. The van der Waals surface area contributed by atoms with Gasteiger partial charge < -0.3 is 25.4 Å². The van der Waals surface area contributed by atoms with Gasteiger partial charge in [-0.25, -0.2) is 4.99 Å². The van der Waals surface area contributed by atoms with E-state index in [0.717, 1.165) is 42.1 Å². The van der Waals surface area contributed by atoms with Gasteiger partial charge in [-0.15, -0.1) is 0 Å². The second-order valence-corrected chi connectivity index (χ2v) is 6.72. The van der Waals surface area contributed by atoms with Gasteiger partial charge in [-0.05, 0) is 48.8 Å². The molecule has 2 aromatic rings. The lowest BCUT2D eigenvalue weighted by Gasteiger charge is -2.14. The zero-order chi connectivity index (χ0) is 20.4. The minimum Gasteiger partial charge on any atom is -0.493 e. The van der Waals surface area contributed by atoms with Crippen LogP contribution in [-0.4, -0.2) is 45.2 Å². The van der Waals surface area contributed by atoms with Crippen LogP contribution in [-0.2, 0) is 19.5 Å². The zero-order valence-electron chi connectivity index (χ0n) is 17.4. The van der Waals surface area contributed by atoms with Crippen molar-refractivity contribution in [3.63, 3.8) is 0 Å². The monoisotopic (exact) mass is 384 g/mol. The van der Waals surface area contributed by atoms with Gasteiger partial charge in [0.25, 0.3) is 0 Å². The summed E-state index contributed by atoms with van der Waals surface area (Å²) in [5.41, 5.74) is 9.61. The maximum atomic E-state index is 6.01. The molecule has 28 heavy (non-hydrogen) atoms. The van der Waals surface area contributed by atoms with Crippen molar-refractivity contribution in [3.8, 4) is 11.5 Å². The van der Waals surface area contributed by atoms with E-state index in [0.29, 0.717) is 19.0 Å². The van der Waals surface area contributed by atoms with Crippen molar-refractivity contribution in [2.24, 2.45) is 10.7 Å². The molecule has 6 heteroatoms. The van der Waals surface area contributed by atoms with Crippen LogP contribution in [0.15, 0.2) is 47.5 Å². The van der Waals surface area contributed by atoms with Gasteiger partial charge in [0.05, 0.1) is 20.8 Å². The van der Waals surface area contributed by atoms with E-state index in [1.807, 2.05) is 18.2 Å². The van der Waals surface area contributed by atoms with Crippen molar-refractivity contribution in [1.29, 1.82) is 0 Å². The molecule has 0 saturated carbocycles. The maximum absolute atomic E-state index is 6.01. The molecule has 3 N–H and O–H groups in total. The molecule has 0 fully saturated rings. The molecule has 0 heterocycles. The molecule has 0 unspecified atom stereocenters. The normalized spacial score (nSPS) is 11.5. The fourth-order valence-electron chi connectivity index (χ4n) is 2.85. The quantitative estimate of drug-likeness (QED) is 0.487. The molecule has 0 saturated heterocycles. The smallest absolute Gasteiger partial charge is 0.188 e. The molecule has 6 nitrogen and oxygen atoms in total. The predicted molar refractivity (Wildman–Crippen MR) is 115 cm³/mol. The summed E-state index contributed by atoms with van der Waals surface area (Å²) in [6, 6.07) is 14.4. The molecule has 0 bridgehead atoms. The maximum Gasteiger partial charge on any atom is 0.188 e. The third-order valence-corrected chi connectivity index (χ3v) is 4.58. The highest BCUT2D eigenvalue weighted by Crippen LogP contribution is 2.27. The number of hydrogen-bond acceptors (Lipinski definition) is 4. The topological polar surface area (TPSA) is 72.1 Å². The van der Waals surface area contributed by atoms with E-state index >= 15 is 0 Å². The number of rotatable bonds is 10. The molecule has 152 valence electrons. The average Bonchev–Trinajstić information content (AvgIpc) is 2.72. The molecular weight excluding hydrogens is 352 g/mol. The van der Waals surface area contributed by atoms with E-state index in [1.54, 1.807) is 14.2 Å². The van der Waals surface area contributed by atoms with Crippen LogP contribution in [0, 0.1) is 0 Å². The highest BCUT2D eigenvalue weighted by molar-refractivity contribution is 5.77. The minimum absolute atomic E-state index is 0.455. The average molecular weight is 385 g/mol. The number of methoxy groups -OCH3 is 2. The molecule has 0 radical (unpaired) electrons. The molecule has 0 spiro atoms. The Morgan fingerprint density at radius 2 is 1.79 bits per heavy atom. The number of nitrogens with one attached hydrogen (secondary N) is 1. The Morgan fingerprint density at radius 1 is 1.04 bits per heavy atom. The number of nitrogens with zero attached hydrogens (tertiary/aromatic N) is 2. The Hall–Kier alpha value is -2.73. The van der Waals surface area contributed by atoms with Crippen molar-refractivity contribution < 1.29 is 9.47 Å². The molecule has 0 amide bonds. The molecular formula is C22H32N4O2. The van der Waals surface area contributed by atoms with Crippen LogP contribution in [0.25, 0.3) is 0 Å². The van der Waals surface area contributed by atoms with Gasteiger partial charge in [-0.1, -0.05) is 37.3 Å². The SMILES string of the molecule is CCN(C)Cc1cccc(CN=C(N)NCCc2ccc(OC)c(OC)c2)c1. The van der Waals surface area contributed by atoms with Crippen LogP contribution in [0.1, 0.15) is 23.6 Å². The van der Waals surface area contributed by atoms with Gasteiger partial charge in [-0.2, -0.15) is 0 Å². The highest BCUT2D eigenvalue weighted by atomic mass is 16.5. The van der Waals surface area contributed by atoms with Crippen LogP contribution < -0.4 is 20.5 Å². The van der Waals surface area contributed by atoms with Gasteiger partial charge in [-0.3, -0.25) is 0 Å². The van der Waals surface area contributed by atoms with Crippen LogP contribution in [0.4, 0.5) is 0 Å². The Labute approximate surface area is 168 Å². The van der Waals surface area contributed by atoms with E-state index in [1.165, 1.54) is 5.56 Å². The standard InChI is InChI=1S/C22H32N4O2/c1-5-26(2)16-19-8-6-7-18(13-19)15-25-22(23)24-12-11-17-9-10-20(27-3)21(14-17)28-4/h6-10,13-14H,5,11-12,15-16H2,1-4H3,(H3,23,24,25). The minimum atomic E-state index is 0.455. The zero-order valence-corrected chi connectivity index (χ0v) is 17.4. The van der Waals surface area contributed by atoms with Gasteiger partial charge >= 0.3 is 0 Å². The second-order valence-electron chi connectivity index (χ2n) is 6.72. The fourth-order valence-corrected chi connectivity index (χ4v) is 2.85. The fraction of sp³-hybridized carbons (Fsp3) is 0.409. The summed E-state index contributed by atoms with van der Waals surface area (Å²) in [5, 5.41) is 3.17. The van der Waals surface area contributed by atoms with Crippen LogP contribution in [0.5, 0.6) is 11.5 Å². The first-order chi connectivity index (χ1) is 13.5. The summed E-state index contributed by atoms with van der Waals surface area (Å²) in [5.74, 6) is 1.92. The van der Waals surface area contributed by atoms with Crippen molar-refractivity contribution in [3.05, 3.63) is 59.2 Å². The Balaban J connectivity index is 1.84. The van der Waals surface area contributed by atoms with Crippen molar-refractivity contribution >= 4 is 5.96 Å². The van der Waals surface area contributed by atoms with E-state index in [2.05, 4.69) is 53.4 Å². The third kappa shape index (κ3) is 6.78. The highest BCUT2D eigenvalue weighted by Gasteiger charge is 2.04. The summed E-state index contributed by atoms with van der Waals surface area (Å²) in [4.78, 5) is 6.72. The lowest BCUT2D eigenvalue weighted by atomic mass is 10.1. The van der Waals surface area contributed by atoms with Gasteiger partial charge in [0.15, 0.2) is 17.5 Å².